The summed E-state index contributed by atoms with van der Waals surface area (Å²) in [4.78, 5) is 24.0. The molecule has 0 saturated heterocycles. The number of carbonyl (C=O) groups is 2. The summed E-state index contributed by atoms with van der Waals surface area (Å²) in [6.45, 7) is -0.485. The lowest BCUT2D eigenvalue weighted by Gasteiger charge is -2.12. The van der Waals surface area contributed by atoms with Crippen molar-refractivity contribution in [2.24, 2.45) is 0 Å². The highest BCUT2D eigenvalue weighted by Gasteiger charge is 2.10. The maximum atomic E-state index is 12.0. The molecule has 7 heteroatoms. The van der Waals surface area contributed by atoms with Gasteiger partial charge in [0.2, 0.25) is 0 Å². The molecule has 0 heterocycles. The van der Waals surface area contributed by atoms with Gasteiger partial charge in [-0.3, -0.25) is 20.4 Å². The first kappa shape index (κ1) is 22.4. The molecule has 0 aromatic heterocycles. The van der Waals surface area contributed by atoms with Crippen LogP contribution in [0.3, 0.4) is 0 Å². The Labute approximate surface area is 199 Å². The van der Waals surface area contributed by atoms with Crippen LogP contribution in [0.5, 0.6) is 11.5 Å². The van der Waals surface area contributed by atoms with E-state index in [0.29, 0.717) is 11.5 Å². The SMILES string of the molecule is O=C(COc1ccc(-c2ccccc2)cc1)NNC(=O)COc1ccc2ccccc2c1Br. The fourth-order valence-electron chi connectivity index (χ4n) is 3.20. The summed E-state index contributed by atoms with van der Waals surface area (Å²) in [6, 6.07) is 28.9. The normalized spacial score (nSPS) is 10.5. The van der Waals surface area contributed by atoms with Crippen LogP contribution in [0.4, 0.5) is 0 Å². The molecule has 4 aromatic carbocycles. The monoisotopic (exact) mass is 504 g/mol. The zero-order chi connectivity index (χ0) is 23.0. The van der Waals surface area contributed by atoms with Gasteiger partial charge in [0, 0.05) is 0 Å². The second-order valence-corrected chi connectivity index (χ2v) is 7.96. The van der Waals surface area contributed by atoms with E-state index in [1.807, 2.05) is 72.8 Å². The van der Waals surface area contributed by atoms with Crippen LogP contribution in [0.25, 0.3) is 21.9 Å². The van der Waals surface area contributed by atoms with Crippen molar-refractivity contribution in [3.63, 3.8) is 0 Å². The average Bonchev–Trinajstić information content (AvgIpc) is 2.87. The zero-order valence-electron chi connectivity index (χ0n) is 17.6. The fourth-order valence-corrected chi connectivity index (χ4v) is 3.81. The predicted molar refractivity (Wildman–Crippen MR) is 131 cm³/mol. The van der Waals surface area contributed by atoms with Gasteiger partial charge in [-0.2, -0.15) is 0 Å². The number of hydrogen-bond donors (Lipinski definition) is 2. The lowest BCUT2D eigenvalue weighted by molar-refractivity contribution is -0.131. The van der Waals surface area contributed by atoms with E-state index in [0.717, 1.165) is 26.4 Å². The molecule has 0 aliphatic rings. The molecule has 0 unspecified atom stereocenters. The number of hydrazine groups is 1. The highest BCUT2D eigenvalue weighted by molar-refractivity contribution is 9.10. The Kier molecular flexibility index (Phi) is 7.22. The van der Waals surface area contributed by atoms with Gasteiger partial charge in [-0.25, -0.2) is 0 Å². The quantitative estimate of drug-likeness (QED) is 0.352. The predicted octanol–water partition coefficient (Wildman–Crippen LogP) is 4.87. The summed E-state index contributed by atoms with van der Waals surface area (Å²) in [5.41, 5.74) is 6.79. The summed E-state index contributed by atoms with van der Waals surface area (Å²) in [5.74, 6) is 0.121. The topological polar surface area (TPSA) is 76.7 Å². The van der Waals surface area contributed by atoms with Crippen LogP contribution in [0.2, 0.25) is 0 Å². The number of halogens is 1. The Balaban J connectivity index is 1.21. The van der Waals surface area contributed by atoms with Gasteiger partial charge in [-0.1, -0.05) is 72.8 Å². The third-order valence-corrected chi connectivity index (χ3v) is 5.68. The van der Waals surface area contributed by atoms with Crippen LogP contribution >= 0.6 is 15.9 Å². The molecule has 0 atom stereocenters. The third-order valence-electron chi connectivity index (χ3n) is 4.86. The van der Waals surface area contributed by atoms with E-state index in [1.165, 1.54) is 0 Å². The number of ether oxygens (including phenoxy) is 2. The van der Waals surface area contributed by atoms with Crippen molar-refractivity contribution in [3.05, 3.63) is 95.5 Å². The Morgan fingerprint density at radius 1 is 0.667 bits per heavy atom. The highest BCUT2D eigenvalue weighted by Crippen LogP contribution is 2.32. The molecule has 0 saturated carbocycles. The second-order valence-electron chi connectivity index (χ2n) is 7.16. The minimum atomic E-state index is -0.490. The number of benzene rings is 4. The molecule has 0 radical (unpaired) electrons. The largest absolute Gasteiger partial charge is 0.484 e. The minimum Gasteiger partial charge on any atom is -0.484 e. The maximum absolute atomic E-state index is 12.0. The van der Waals surface area contributed by atoms with E-state index in [1.54, 1.807) is 18.2 Å². The van der Waals surface area contributed by atoms with Gasteiger partial charge in [0.25, 0.3) is 11.8 Å². The summed E-state index contributed by atoms with van der Waals surface area (Å²) in [7, 11) is 0. The minimum absolute atomic E-state index is 0.234. The van der Waals surface area contributed by atoms with Crippen molar-refractivity contribution in [3.8, 4) is 22.6 Å². The Hall–Kier alpha value is -3.84. The molecule has 0 spiro atoms. The Morgan fingerprint density at radius 2 is 1.27 bits per heavy atom. The summed E-state index contributed by atoms with van der Waals surface area (Å²) < 4.78 is 11.8. The number of nitrogens with one attached hydrogen (secondary N) is 2. The molecule has 33 heavy (non-hydrogen) atoms. The van der Waals surface area contributed by atoms with Crippen LogP contribution in [-0.2, 0) is 9.59 Å². The maximum Gasteiger partial charge on any atom is 0.276 e. The number of carbonyl (C=O) groups excluding carboxylic acids is 2. The molecule has 4 rings (SSSR count). The Bertz CT molecular complexity index is 1260. The first-order chi connectivity index (χ1) is 16.1. The molecule has 166 valence electrons. The van der Waals surface area contributed by atoms with Crippen molar-refractivity contribution in [2.45, 2.75) is 0 Å². The fraction of sp³-hybridized carbons (Fsp3) is 0.0769. The molecule has 2 amide bonds. The van der Waals surface area contributed by atoms with E-state index in [2.05, 4.69) is 26.8 Å². The number of amides is 2. The molecule has 6 nitrogen and oxygen atoms in total. The number of rotatable bonds is 7. The van der Waals surface area contributed by atoms with Crippen LogP contribution in [0.15, 0.2) is 95.5 Å². The van der Waals surface area contributed by atoms with E-state index in [4.69, 9.17) is 9.47 Å². The van der Waals surface area contributed by atoms with Crippen molar-refractivity contribution in [1.82, 2.24) is 10.9 Å². The van der Waals surface area contributed by atoms with Crippen LogP contribution in [-0.4, -0.2) is 25.0 Å². The first-order valence-electron chi connectivity index (χ1n) is 10.3. The summed E-state index contributed by atoms with van der Waals surface area (Å²) in [6.07, 6.45) is 0. The highest BCUT2D eigenvalue weighted by atomic mass is 79.9. The van der Waals surface area contributed by atoms with Gasteiger partial charge in [0.1, 0.15) is 11.5 Å². The standard InChI is InChI=1S/C26H21BrN2O4/c27-26-22-9-5-4-8-20(22)12-15-23(26)33-17-25(31)29-28-24(30)16-32-21-13-10-19(11-14-21)18-6-2-1-3-7-18/h1-15H,16-17H2,(H,28,30)(H,29,31). The molecule has 0 aliphatic heterocycles. The Morgan fingerprint density at radius 3 is 2.00 bits per heavy atom. The number of hydrogen-bond acceptors (Lipinski definition) is 4. The number of fused-ring (bicyclic) bond motifs is 1. The van der Waals surface area contributed by atoms with E-state index in [-0.39, 0.29) is 13.2 Å². The summed E-state index contributed by atoms with van der Waals surface area (Å²) in [5, 5.41) is 2.04. The van der Waals surface area contributed by atoms with Gasteiger partial charge in [0.05, 0.1) is 4.47 Å². The van der Waals surface area contributed by atoms with E-state index in [9.17, 15) is 9.59 Å². The van der Waals surface area contributed by atoms with E-state index < -0.39 is 11.8 Å². The second kappa shape index (κ2) is 10.7. The molecular formula is C26H21BrN2O4. The first-order valence-corrected chi connectivity index (χ1v) is 11.1. The van der Waals surface area contributed by atoms with Gasteiger partial charge >= 0.3 is 0 Å². The van der Waals surface area contributed by atoms with Crippen molar-refractivity contribution < 1.29 is 19.1 Å². The molecule has 2 N–H and O–H groups in total. The third kappa shape index (κ3) is 5.90. The van der Waals surface area contributed by atoms with Gasteiger partial charge in [-0.05, 0) is 56.0 Å². The molecular weight excluding hydrogens is 484 g/mol. The van der Waals surface area contributed by atoms with Crippen molar-refractivity contribution in [1.29, 1.82) is 0 Å². The van der Waals surface area contributed by atoms with Crippen LogP contribution < -0.4 is 20.3 Å². The van der Waals surface area contributed by atoms with Crippen molar-refractivity contribution >= 4 is 38.5 Å². The van der Waals surface area contributed by atoms with Crippen LogP contribution in [0, 0.1) is 0 Å². The van der Waals surface area contributed by atoms with Crippen LogP contribution in [0.1, 0.15) is 0 Å². The lowest BCUT2D eigenvalue weighted by Crippen LogP contribution is -2.45. The smallest absolute Gasteiger partial charge is 0.276 e. The average molecular weight is 505 g/mol. The zero-order valence-corrected chi connectivity index (χ0v) is 19.2. The van der Waals surface area contributed by atoms with E-state index >= 15 is 0 Å². The molecule has 4 aromatic rings. The molecule has 0 fully saturated rings. The summed E-state index contributed by atoms with van der Waals surface area (Å²) >= 11 is 3.51. The molecule has 0 aliphatic carbocycles. The van der Waals surface area contributed by atoms with Gasteiger partial charge in [-0.15, -0.1) is 0 Å². The van der Waals surface area contributed by atoms with Gasteiger partial charge < -0.3 is 9.47 Å². The lowest BCUT2D eigenvalue weighted by atomic mass is 10.1. The van der Waals surface area contributed by atoms with Gasteiger partial charge in [0.15, 0.2) is 13.2 Å². The van der Waals surface area contributed by atoms with Crippen molar-refractivity contribution in [2.75, 3.05) is 13.2 Å². The molecule has 0 bridgehead atoms.